The van der Waals surface area contributed by atoms with Crippen LogP contribution in [0.1, 0.15) is 46.5 Å². The number of anilines is 2. The zero-order valence-corrected chi connectivity index (χ0v) is 17.8. The smallest absolute Gasteiger partial charge is 0.257 e. The second-order valence-electron chi connectivity index (χ2n) is 8.28. The molecule has 3 aromatic heterocycles. The molecule has 2 aliphatic rings. The molecule has 0 radical (unpaired) electrons. The summed E-state index contributed by atoms with van der Waals surface area (Å²) >= 11 is 0. The third-order valence-corrected chi connectivity index (χ3v) is 6.02. The molecule has 1 aliphatic heterocycles. The summed E-state index contributed by atoms with van der Waals surface area (Å²) in [7, 11) is 3.47. The summed E-state index contributed by atoms with van der Waals surface area (Å²) in [6, 6.07) is 4.00. The molecule has 1 saturated carbocycles. The predicted molar refractivity (Wildman–Crippen MR) is 116 cm³/mol. The number of carbonyl (C=O) groups is 2. The fourth-order valence-electron chi connectivity index (χ4n) is 4.04. The molecule has 10 nitrogen and oxygen atoms in total. The molecule has 31 heavy (non-hydrogen) atoms. The topological polar surface area (TPSA) is 101 Å². The summed E-state index contributed by atoms with van der Waals surface area (Å²) in [6.07, 6.45) is 7.67. The second-order valence-corrected chi connectivity index (χ2v) is 8.28. The number of aromatic nitrogens is 5. The molecular formula is C21H26N8O2. The van der Waals surface area contributed by atoms with Crippen LogP contribution in [0.3, 0.4) is 0 Å². The Hall–Kier alpha value is -3.43. The number of hydrogen-bond donors (Lipinski definition) is 1. The van der Waals surface area contributed by atoms with Gasteiger partial charge in [0.2, 0.25) is 11.7 Å². The molecule has 1 saturated heterocycles. The van der Waals surface area contributed by atoms with Crippen LogP contribution in [0.5, 0.6) is 0 Å². The number of amides is 1. The molecule has 0 bridgehead atoms. The number of Topliss-reactive ketones (excluding diaryl/α,β-unsaturated/α-hetero) is 1. The number of fused-ring (bicyclic) bond motifs is 1. The molecular weight excluding hydrogens is 396 g/mol. The molecule has 0 spiro atoms. The lowest BCUT2D eigenvalue weighted by molar-refractivity contribution is 0.0779. The standard InChI is InChI=1S/C21H26N8O2/c1-26(15-5-6-15)20(31)16-12-23-27(2)19(16)17(30)13-22-14-7-10-29-18(11-14)24-21(25-29)28-8-3-4-9-28/h7,10-12,15,22H,3-6,8-9,13H2,1-2H3. The number of rotatable bonds is 7. The van der Waals surface area contributed by atoms with E-state index in [2.05, 4.69) is 25.4 Å². The molecule has 1 amide bonds. The van der Waals surface area contributed by atoms with Crippen molar-refractivity contribution in [1.29, 1.82) is 0 Å². The van der Waals surface area contributed by atoms with Gasteiger partial charge in [-0.15, -0.1) is 5.10 Å². The van der Waals surface area contributed by atoms with E-state index in [-0.39, 0.29) is 24.3 Å². The van der Waals surface area contributed by atoms with Crippen molar-refractivity contribution < 1.29 is 9.59 Å². The minimum Gasteiger partial charge on any atom is -0.377 e. The molecule has 1 aliphatic carbocycles. The Bertz CT molecular complexity index is 1140. The molecule has 3 aromatic rings. The minimum atomic E-state index is -0.188. The van der Waals surface area contributed by atoms with E-state index in [9.17, 15) is 9.59 Å². The fourth-order valence-corrected chi connectivity index (χ4v) is 4.04. The van der Waals surface area contributed by atoms with Gasteiger partial charge in [0.15, 0.2) is 5.65 Å². The van der Waals surface area contributed by atoms with E-state index in [1.807, 2.05) is 18.3 Å². The Morgan fingerprint density at radius 2 is 2.03 bits per heavy atom. The number of nitrogens with one attached hydrogen (secondary N) is 1. The normalized spacial score (nSPS) is 16.1. The third-order valence-electron chi connectivity index (χ3n) is 6.02. The lowest BCUT2D eigenvalue weighted by atomic mass is 10.1. The molecule has 0 aromatic carbocycles. The van der Waals surface area contributed by atoms with E-state index in [0.717, 1.165) is 43.2 Å². The van der Waals surface area contributed by atoms with Crippen LogP contribution >= 0.6 is 0 Å². The molecule has 0 unspecified atom stereocenters. The van der Waals surface area contributed by atoms with Crippen LogP contribution in [0.2, 0.25) is 0 Å². The number of nitrogens with zero attached hydrogens (tertiary/aromatic N) is 7. The first kappa shape index (κ1) is 19.5. The lowest BCUT2D eigenvalue weighted by Crippen LogP contribution is -2.30. The summed E-state index contributed by atoms with van der Waals surface area (Å²) in [4.78, 5) is 34.2. The van der Waals surface area contributed by atoms with Gasteiger partial charge in [0.1, 0.15) is 5.69 Å². The van der Waals surface area contributed by atoms with Gasteiger partial charge in [-0.25, -0.2) is 4.52 Å². The first-order valence-electron chi connectivity index (χ1n) is 10.7. The quantitative estimate of drug-likeness (QED) is 0.577. The van der Waals surface area contributed by atoms with Gasteiger partial charge >= 0.3 is 0 Å². The van der Waals surface area contributed by atoms with Crippen LogP contribution in [0, 0.1) is 0 Å². The summed E-state index contributed by atoms with van der Waals surface area (Å²) in [5.74, 6) is 0.397. The molecule has 0 atom stereocenters. The predicted octanol–water partition coefficient (Wildman–Crippen LogP) is 1.59. The number of hydrogen-bond acceptors (Lipinski definition) is 7. The van der Waals surface area contributed by atoms with Crippen LogP contribution in [0.25, 0.3) is 5.65 Å². The van der Waals surface area contributed by atoms with Crippen molar-refractivity contribution in [1.82, 2.24) is 29.3 Å². The summed E-state index contributed by atoms with van der Waals surface area (Å²) in [5, 5.41) is 11.8. The largest absolute Gasteiger partial charge is 0.377 e. The Kier molecular flexibility index (Phi) is 4.84. The second kappa shape index (κ2) is 7.68. The van der Waals surface area contributed by atoms with Crippen molar-refractivity contribution in [3.05, 3.63) is 35.8 Å². The van der Waals surface area contributed by atoms with Gasteiger partial charge in [-0.05, 0) is 31.7 Å². The molecule has 5 rings (SSSR count). The monoisotopic (exact) mass is 422 g/mol. The zero-order chi connectivity index (χ0) is 21.5. The van der Waals surface area contributed by atoms with Crippen LogP contribution < -0.4 is 10.2 Å². The van der Waals surface area contributed by atoms with E-state index >= 15 is 0 Å². The highest BCUT2D eigenvalue weighted by Gasteiger charge is 2.33. The van der Waals surface area contributed by atoms with Crippen molar-refractivity contribution in [3.8, 4) is 0 Å². The first-order chi connectivity index (χ1) is 15.0. The Labute approximate surface area is 179 Å². The maximum Gasteiger partial charge on any atom is 0.257 e. The number of pyridine rings is 1. The van der Waals surface area contributed by atoms with E-state index in [4.69, 9.17) is 0 Å². The maximum atomic E-state index is 12.9. The average molecular weight is 422 g/mol. The van der Waals surface area contributed by atoms with Crippen molar-refractivity contribution in [2.75, 3.05) is 36.9 Å². The van der Waals surface area contributed by atoms with Gasteiger partial charge in [0, 0.05) is 51.2 Å². The van der Waals surface area contributed by atoms with Gasteiger partial charge in [-0.1, -0.05) is 0 Å². The maximum absolute atomic E-state index is 12.9. The van der Waals surface area contributed by atoms with Crippen LogP contribution in [0.4, 0.5) is 11.6 Å². The van der Waals surface area contributed by atoms with Crippen LogP contribution in [-0.2, 0) is 7.05 Å². The molecule has 162 valence electrons. The fraction of sp³-hybridized carbons (Fsp3) is 0.476. The summed E-state index contributed by atoms with van der Waals surface area (Å²) in [5.41, 5.74) is 2.17. The van der Waals surface area contributed by atoms with Crippen molar-refractivity contribution >= 4 is 29.0 Å². The highest BCUT2D eigenvalue weighted by atomic mass is 16.2. The highest BCUT2D eigenvalue weighted by molar-refractivity contribution is 6.08. The van der Waals surface area contributed by atoms with Crippen LogP contribution in [0.15, 0.2) is 24.5 Å². The number of ketones is 1. The Morgan fingerprint density at radius 3 is 2.77 bits per heavy atom. The number of carbonyl (C=O) groups excluding carboxylic acids is 2. The third kappa shape index (κ3) is 3.73. The lowest BCUT2D eigenvalue weighted by Gasteiger charge is -2.16. The van der Waals surface area contributed by atoms with Gasteiger partial charge < -0.3 is 15.1 Å². The van der Waals surface area contributed by atoms with E-state index in [1.54, 1.807) is 23.5 Å². The SMILES string of the molecule is CN(C(=O)c1cnn(C)c1C(=O)CNc1ccn2nc(N3CCCC3)nc2c1)C1CC1. The van der Waals surface area contributed by atoms with Gasteiger partial charge in [-0.3, -0.25) is 14.3 Å². The minimum absolute atomic E-state index is 0.0518. The van der Waals surface area contributed by atoms with Crippen molar-refractivity contribution in [2.24, 2.45) is 7.05 Å². The van der Waals surface area contributed by atoms with Crippen molar-refractivity contribution in [2.45, 2.75) is 31.7 Å². The molecule has 1 N–H and O–H groups in total. The summed E-state index contributed by atoms with van der Waals surface area (Å²) < 4.78 is 3.22. The van der Waals surface area contributed by atoms with Crippen molar-refractivity contribution in [3.63, 3.8) is 0 Å². The molecule has 4 heterocycles. The summed E-state index contributed by atoms with van der Waals surface area (Å²) in [6.45, 7) is 2.02. The van der Waals surface area contributed by atoms with Crippen LogP contribution in [-0.4, -0.2) is 73.7 Å². The van der Waals surface area contributed by atoms with Gasteiger partial charge in [0.25, 0.3) is 5.91 Å². The molecule has 10 heteroatoms. The molecule has 2 fully saturated rings. The first-order valence-corrected chi connectivity index (χ1v) is 10.7. The zero-order valence-electron chi connectivity index (χ0n) is 17.8. The average Bonchev–Trinajstić information content (AvgIpc) is 3.16. The van der Waals surface area contributed by atoms with Gasteiger partial charge in [-0.2, -0.15) is 10.1 Å². The van der Waals surface area contributed by atoms with E-state index in [1.165, 1.54) is 23.7 Å². The Morgan fingerprint density at radius 1 is 1.26 bits per heavy atom. The van der Waals surface area contributed by atoms with E-state index in [0.29, 0.717) is 11.3 Å². The van der Waals surface area contributed by atoms with Gasteiger partial charge in [0.05, 0.1) is 18.3 Å². The Balaban J connectivity index is 1.30. The highest BCUT2D eigenvalue weighted by Crippen LogP contribution is 2.27. The van der Waals surface area contributed by atoms with E-state index < -0.39 is 0 Å². The number of aryl methyl sites for hydroxylation is 1.